The van der Waals surface area contributed by atoms with Gasteiger partial charge in [0.1, 0.15) is 13.2 Å². The maximum atomic E-state index is 12.7. The number of rotatable bonds is 6. The van der Waals surface area contributed by atoms with Crippen molar-refractivity contribution < 1.29 is 14.3 Å². The van der Waals surface area contributed by atoms with Gasteiger partial charge in [-0.15, -0.1) is 11.3 Å². The molecule has 0 N–H and O–H groups in total. The summed E-state index contributed by atoms with van der Waals surface area (Å²) >= 11 is 1.78. The van der Waals surface area contributed by atoms with Gasteiger partial charge in [-0.1, -0.05) is 18.7 Å². The van der Waals surface area contributed by atoms with Crippen molar-refractivity contribution >= 4 is 38.7 Å². The summed E-state index contributed by atoms with van der Waals surface area (Å²) in [6, 6.07) is 11.1. The average molecular weight is 585 g/mol. The molecule has 1 amide bonds. The Bertz CT molecular complexity index is 1570. The van der Waals surface area contributed by atoms with Gasteiger partial charge in [-0.3, -0.25) is 4.79 Å². The number of likely N-dealkylation sites (N-methyl/N-ethyl adjacent to an activating group) is 1. The summed E-state index contributed by atoms with van der Waals surface area (Å²) in [6.07, 6.45) is 4.72. The zero-order valence-electron chi connectivity index (χ0n) is 24.0. The van der Waals surface area contributed by atoms with Gasteiger partial charge in [0, 0.05) is 31.2 Å². The lowest BCUT2D eigenvalue weighted by atomic mass is 9.95. The van der Waals surface area contributed by atoms with Crippen LogP contribution in [0.4, 0.5) is 11.4 Å². The van der Waals surface area contributed by atoms with E-state index in [0.29, 0.717) is 50.5 Å². The van der Waals surface area contributed by atoms with Gasteiger partial charge < -0.3 is 29.1 Å². The van der Waals surface area contributed by atoms with Crippen molar-refractivity contribution in [3.05, 3.63) is 53.6 Å². The molecule has 0 spiro atoms. The Morgan fingerprint density at radius 1 is 1.29 bits per heavy atom. The van der Waals surface area contributed by atoms with E-state index >= 15 is 0 Å². The number of nitrogens with zero attached hydrogens (tertiary/aromatic N) is 6. The molecule has 1 aromatic carbocycles. The molecule has 2 aromatic heterocycles. The Morgan fingerprint density at radius 3 is 3.00 bits per heavy atom. The first-order valence-electron chi connectivity index (χ1n) is 14.8. The SMILES string of the molecule is C=CC(=O)N1CC2COc3c(OC[C@@H]4CCCN4C)nc4c(c3N2C[C@@H]1CC#N)CCN(c1cccc2ccsc12)C4. The molecule has 0 aliphatic carbocycles. The van der Waals surface area contributed by atoms with E-state index in [1.54, 1.807) is 16.2 Å². The number of hydrogen-bond donors (Lipinski definition) is 0. The highest BCUT2D eigenvalue weighted by molar-refractivity contribution is 7.17. The fourth-order valence-electron chi connectivity index (χ4n) is 7.06. The van der Waals surface area contributed by atoms with Gasteiger partial charge in [0.2, 0.25) is 11.7 Å². The molecule has 0 saturated carbocycles. The monoisotopic (exact) mass is 584 g/mol. The predicted molar refractivity (Wildman–Crippen MR) is 165 cm³/mol. The normalized spacial score (nSPS) is 23.5. The van der Waals surface area contributed by atoms with Crippen molar-refractivity contribution in [2.75, 3.05) is 56.2 Å². The third-order valence-corrected chi connectivity index (χ3v) is 10.3. The highest BCUT2D eigenvalue weighted by Crippen LogP contribution is 2.47. The predicted octanol–water partition coefficient (Wildman–Crippen LogP) is 4.21. The van der Waals surface area contributed by atoms with Crippen molar-refractivity contribution in [3.63, 3.8) is 0 Å². The second kappa shape index (κ2) is 11.1. The topological polar surface area (TPSA) is 85.2 Å². The summed E-state index contributed by atoms with van der Waals surface area (Å²) in [5.41, 5.74) is 4.47. The Morgan fingerprint density at radius 2 is 2.19 bits per heavy atom. The molecule has 2 saturated heterocycles. The molecule has 1 unspecified atom stereocenters. The molecule has 2 fully saturated rings. The number of benzene rings is 1. The van der Waals surface area contributed by atoms with E-state index in [0.717, 1.165) is 37.3 Å². The summed E-state index contributed by atoms with van der Waals surface area (Å²) < 4.78 is 14.3. The molecule has 0 radical (unpaired) electrons. The largest absolute Gasteiger partial charge is 0.484 e. The van der Waals surface area contributed by atoms with Crippen molar-refractivity contribution in [1.29, 1.82) is 5.26 Å². The number of nitriles is 1. The van der Waals surface area contributed by atoms with E-state index in [1.165, 1.54) is 33.8 Å². The second-order valence-electron chi connectivity index (χ2n) is 11.7. The molecular weight excluding hydrogens is 548 g/mol. The van der Waals surface area contributed by atoms with E-state index in [9.17, 15) is 10.1 Å². The van der Waals surface area contributed by atoms with Crippen LogP contribution in [-0.2, 0) is 17.8 Å². The molecule has 4 aliphatic heterocycles. The minimum absolute atomic E-state index is 0.0189. The number of anilines is 2. The van der Waals surface area contributed by atoms with E-state index in [2.05, 4.69) is 64.0 Å². The van der Waals surface area contributed by atoms with Crippen LogP contribution in [0.5, 0.6) is 11.6 Å². The number of fused-ring (bicyclic) bond motifs is 6. The summed E-state index contributed by atoms with van der Waals surface area (Å²) in [7, 11) is 2.15. The van der Waals surface area contributed by atoms with Gasteiger partial charge in [0.25, 0.3) is 5.88 Å². The van der Waals surface area contributed by atoms with E-state index in [4.69, 9.17) is 14.5 Å². The number of pyridine rings is 1. The van der Waals surface area contributed by atoms with Crippen LogP contribution in [0.15, 0.2) is 42.3 Å². The lowest BCUT2D eigenvalue weighted by Gasteiger charge is -2.50. The first-order valence-corrected chi connectivity index (χ1v) is 15.7. The highest BCUT2D eigenvalue weighted by atomic mass is 32.1. The standard InChI is InChI=1S/C32H36N6O3S/c1-3-28(39)37-17-24-20-40-30-29(38(24)16-22(37)9-12-33)25-10-14-36(27-8-4-6-21-11-15-42-31(21)27)18-26(25)34-32(30)41-19-23-7-5-13-35(23)2/h3-4,6,8,11,15,22-24H,1,5,7,9-10,13-14,16-20H2,2H3/t22-,23-,24?/m0/s1. The first kappa shape index (κ1) is 27.0. The van der Waals surface area contributed by atoms with Crippen LogP contribution in [0.25, 0.3) is 10.1 Å². The number of aromatic nitrogens is 1. The zero-order valence-corrected chi connectivity index (χ0v) is 24.8. The van der Waals surface area contributed by atoms with Gasteiger partial charge in [-0.2, -0.15) is 5.26 Å². The summed E-state index contributed by atoms with van der Waals surface area (Å²) in [6.45, 7) is 8.38. The molecule has 7 rings (SSSR count). The van der Waals surface area contributed by atoms with Crippen LogP contribution in [0, 0.1) is 11.3 Å². The van der Waals surface area contributed by atoms with Crippen LogP contribution >= 0.6 is 11.3 Å². The Balaban J connectivity index is 1.27. The quantitative estimate of drug-likeness (QED) is 0.399. The molecule has 3 atom stereocenters. The molecule has 4 aliphatic rings. The molecule has 0 bridgehead atoms. The highest BCUT2D eigenvalue weighted by Gasteiger charge is 2.43. The lowest BCUT2D eigenvalue weighted by Crippen LogP contribution is -2.62. The van der Waals surface area contributed by atoms with Gasteiger partial charge in [0.05, 0.1) is 52.9 Å². The number of carbonyl (C=O) groups excluding carboxylic acids is 1. The van der Waals surface area contributed by atoms with Gasteiger partial charge in [-0.25, -0.2) is 4.98 Å². The van der Waals surface area contributed by atoms with Crippen LogP contribution in [0.3, 0.4) is 0 Å². The summed E-state index contributed by atoms with van der Waals surface area (Å²) in [4.78, 5) is 26.8. The molecule has 42 heavy (non-hydrogen) atoms. The molecule has 218 valence electrons. The van der Waals surface area contributed by atoms with Gasteiger partial charge >= 0.3 is 0 Å². The summed E-state index contributed by atoms with van der Waals surface area (Å²) in [5.74, 6) is 1.12. The third-order valence-electron chi connectivity index (χ3n) is 9.32. The fourth-order valence-corrected chi connectivity index (χ4v) is 8.00. The maximum Gasteiger partial charge on any atom is 0.259 e. The molecular formula is C32H36N6O3S. The molecule has 10 heteroatoms. The number of likely N-dealkylation sites (tertiary alicyclic amines) is 1. The number of amides is 1. The third kappa shape index (κ3) is 4.65. The number of ether oxygens (including phenoxy) is 2. The van der Waals surface area contributed by atoms with Crippen LogP contribution in [-0.4, -0.2) is 85.3 Å². The Hall–Kier alpha value is -3.81. The maximum absolute atomic E-state index is 12.7. The van der Waals surface area contributed by atoms with Crippen molar-refractivity contribution in [2.45, 2.75) is 50.4 Å². The smallest absolute Gasteiger partial charge is 0.259 e. The first-order chi connectivity index (χ1) is 20.6. The van der Waals surface area contributed by atoms with Crippen LogP contribution in [0.1, 0.15) is 30.5 Å². The fraction of sp³-hybridized carbons (Fsp3) is 0.469. The Kier molecular flexibility index (Phi) is 7.16. The second-order valence-corrected chi connectivity index (χ2v) is 12.6. The van der Waals surface area contributed by atoms with Gasteiger partial charge in [-0.05, 0) is 61.8 Å². The van der Waals surface area contributed by atoms with Crippen LogP contribution in [0.2, 0.25) is 0 Å². The molecule has 3 aromatic rings. The number of thiophene rings is 1. The van der Waals surface area contributed by atoms with E-state index in [-0.39, 0.29) is 24.4 Å². The lowest BCUT2D eigenvalue weighted by molar-refractivity contribution is -0.129. The van der Waals surface area contributed by atoms with E-state index < -0.39 is 0 Å². The van der Waals surface area contributed by atoms with E-state index in [1.807, 2.05) is 0 Å². The average Bonchev–Trinajstić information content (AvgIpc) is 3.67. The Labute approximate surface area is 250 Å². The van der Waals surface area contributed by atoms with Crippen LogP contribution < -0.4 is 19.3 Å². The van der Waals surface area contributed by atoms with Crippen molar-refractivity contribution in [3.8, 4) is 17.7 Å². The van der Waals surface area contributed by atoms with Gasteiger partial charge in [0.15, 0.2) is 0 Å². The van der Waals surface area contributed by atoms with Crippen molar-refractivity contribution in [2.24, 2.45) is 0 Å². The summed E-state index contributed by atoms with van der Waals surface area (Å²) in [5, 5.41) is 13.0. The zero-order chi connectivity index (χ0) is 28.8. The van der Waals surface area contributed by atoms with Crippen molar-refractivity contribution in [1.82, 2.24) is 14.8 Å². The molecule has 6 heterocycles. The number of piperazine rings is 1. The minimum Gasteiger partial charge on any atom is -0.484 e. The minimum atomic E-state index is -0.223. The number of hydrogen-bond acceptors (Lipinski definition) is 9. The number of carbonyl (C=O) groups is 1. The molecule has 9 nitrogen and oxygen atoms in total.